The number of nitro benzene ring substituents is 1. The van der Waals surface area contributed by atoms with Crippen LogP contribution in [0.1, 0.15) is 41.1 Å². The summed E-state index contributed by atoms with van der Waals surface area (Å²) in [5.74, 6) is 1.25. The molecule has 1 amide bonds. The van der Waals surface area contributed by atoms with Crippen LogP contribution in [0.4, 0.5) is 5.69 Å². The van der Waals surface area contributed by atoms with Crippen molar-refractivity contribution in [3.05, 3.63) is 93.4 Å². The minimum atomic E-state index is -0.406. The van der Waals surface area contributed by atoms with Crippen LogP contribution in [0.5, 0.6) is 5.75 Å². The standard InChI is InChI=1S/C24H27N3O5/c1-17(2)32-23-11-10-21(27(29)30)13-20(23)15-26(16-22-5-4-12-31-22)14-18-6-8-19(9-7-18)24(28)25-3/h4-13,17H,14-16H2,1-3H3,(H,25,28). The zero-order valence-electron chi connectivity index (χ0n) is 18.4. The number of nitrogens with one attached hydrogen (secondary N) is 1. The summed E-state index contributed by atoms with van der Waals surface area (Å²) in [4.78, 5) is 24.8. The monoisotopic (exact) mass is 437 g/mol. The Labute approximate surface area is 186 Å². The lowest BCUT2D eigenvalue weighted by Crippen LogP contribution is -2.23. The van der Waals surface area contributed by atoms with Crippen LogP contribution in [0.25, 0.3) is 0 Å². The molecule has 1 heterocycles. The molecule has 0 radical (unpaired) electrons. The van der Waals surface area contributed by atoms with Crippen molar-refractivity contribution in [1.82, 2.24) is 10.2 Å². The molecule has 0 fully saturated rings. The van der Waals surface area contributed by atoms with E-state index in [0.29, 0.717) is 30.9 Å². The first kappa shape index (κ1) is 23.0. The molecule has 8 heteroatoms. The molecule has 0 spiro atoms. The molecule has 168 valence electrons. The fourth-order valence-electron chi connectivity index (χ4n) is 3.37. The number of amides is 1. The molecule has 2 aromatic carbocycles. The van der Waals surface area contributed by atoms with Crippen molar-refractivity contribution in [1.29, 1.82) is 0 Å². The summed E-state index contributed by atoms with van der Waals surface area (Å²) in [6, 6.07) is 15.7. The van der Waals surface area contributed by atoms with Crippen molar-refractivity contribution in [2.45, 2.75) is 39.6 Å². The first-order chi connectivity index (χ1) is 15.4. The van der Waals surface area contributed by atoms with Gasteiger partial charge in [-0.1, -0.05) is 12.1 Å². The van der Waals surface area contributed by atoms with Gasteiger partial charge in [0.15, 0.2) is 0 Å². The van der Waals surface area contributed by atoms with Gasteiger partial charge in [0.2, 0.25) is 0 Å². The minimum Gasteiger partial charge on any atom is -0.491 e. The van der Waals surface area contributed by atoms with Crippen LogP contribution in [-0.4, -0.2) is 28.9 Å². The van der Waals surface area contributed by atoms with Crippen LogP contribution in [0.3, 0.4) is 0 Å². The Morgan fingerprint density at radius 3 is 2.47 bits per heavy atom. The fourth-order valence-corrected chi connectivity index (χ4v) is 3.37. The second-order valence-corrected chi connectivity index (χ2v) is 7.72. The highest BCUT2D eigenvalue weighted by atomic mass is 16.6. The van der Waals surface area contributed by atoms with Crippen LogP contribution >= 0.6 is 0 Å². The van der Waals surface area contributed by atoms with Crippen LogP contribution < -0.4 is 10.1 Å². The quantitative estimate of drug-likeness (QED) is 0.369. The average molecular weight is 437 g/mol. The van der Waals surface area contributed by atoms with E-state index < -0.39 is 4.92 Å². The van der Waals surface area contributed by atoms with E-state index in [0.717, 1.165) is 16.9 Å². The average Bonchev–Trinajstić information content (AvgIpc) is 3.27. The summed E-state index contributed by atoms with van der Waals surface area (Å²) in [5.41, 5.74) is 2.33. The SMILES string of the molecule is CNC(=O)c1ccc(CN(Cc2ccco2)Cc2cc([N+](=O)[O-])ccc2OC(C)C)cc1. The number of carbonyl (C=O) groups excluding carboxylic acids is 1. The van der Waals surface area contributed by atoms with Crippen molar-refractivity contribution in [3.8, 4) is 5.75 Å². The van der Waals surface area contributed by atoms with Gasteiger partial charge < -0.3 is 14.5 Å². The number of nitro groups is 1. The maximum Gasteiger partial charge on any atom is 0.270 e. The van der Waals surface area contributed by atoms with E-state index in [2.05, 4.69) is 10.2 Å². The van der Waals surface area contributed by atoms with Gasteiger partial charge in [-0.25, -0.2) is 0 Å². The van der Waals surface area contributed by atoms with E-state index in [1.165, 1.54) is 6.07 Å². The lowest BCUT2D eigenvalue weighted by atomic mass is 10.1. The van der Waals surface area contributed by atoms with Crippen LogP contribution in [0.2, 0.25) is 0 Å². The first-order valence-corrected chi connectivity index (χ1v) is 10.4. The summed E-state index contributed by atoms with van der Waals surface area (Å²) in [6.45, 7) is 5.31. The minimum absolute atomic E-state index is 0.0176. The molecule has 0 aliphatic rings. The number of rotatable bonds is 10. The Hall–Kier alpha value is -3.65. The van der Waals surface area contributed by atoms with Crippen molar-refractivity contribution in [3.63, 3.8) is 0 Å². The Kier molecular flexibility index (Phi) is 7.62. The predicted octanol–water partition coefficient (Wildman–Crippen LogP) is 4.54. The van der Waals surface area contributed by atoms with Crippen molar-refractivity contribution in [2.75, 3.05) is 7.05 Å². The van der Waals surface area contributed by atoms with Gasteiger partial charge in [-0.05, 0) is 49.7 Å². The van der Waals surface area contributed by atoms with E-state index in [1.807, 2.05) is 38.1 Å². The first-order valence-electron chi connectivity index (χ1n) is 10.4. The Morgan fingerprint density at radius 2 is 1.88 bits per heavy atom. The molecule has 32 heavy (non-hydrogen) atoms. The third-order valence-corrected chi connectivity index (χ3v) is 4.82. The smallest absolute Gasteiger partial charge is 0.270 e. The molecule has 0 atom stereocenters. The van der Waals surface area contributed by atoms with Gasteiger partial charge in [0, 0.05) is 43.4 Å². The van der Waals surface area contributed by atoms with Gasteiger partial charge in [-0.2, -0.15) is 0 Å². The van der Waals surface area contributed by atoms with Gasteiger partial charge in [0.1, 0.15) is 11.5 Å². The molecule has 0 bridgehead atoms. The lowest BCUT2D eigenvalue weighted by molar-refractivity contribution is -0.385. The predicted molar refractivity (Wildman–Crippen MR) is 120 cm³/mol. The number of nitrogens with zero attached hydrogens (tertiary/aromatic N) is 2. The normalized spacial score (nSPS) is 11.0. The van der Waals surface area contributed by atoms with E-state index in [9.17, 15) is 14.9 Å². The second kappa shape index (κ2) is 10.6. The maximum absolute atomic E-state index is 11.8. The Morgan fingerprint density at radius 1 is 1.12 bits per heavy atom. The number of benzene rings is 2. The Balaban J connectivity index is 1.88. The van der Waals surface area contributed by atoms with Gasteiger partial charge in [-0.15, -0.1) is 0 Å². The lowest BCUT2D eigenvalue weighted by Gasteiger charge is -2.23. The number of furan rings is 1. The zero-order chi connectivity index (χ0) is 23.1. The van der Waals surface area contributed by atoms with E-state index in [4.69, 9.17) is 9.15 Å². The summed E-state index contributed by atoms with van der Waals surface area (Å²) < 4.78 is 11.4. The summed E-state index contributed by atoms with van der Waals surface area (Å²) in [7, 11) is 1.59. The van der Waals surface area contributed by atoms with Crippen molar-refractivity contribution >= 4 is 11.6 Å². The number of ether oxygens (including phenoxy) is 1. The number of carbonyl (C=O) groups is 1. The molecule has 1 aromatic heterocycles. The molecule has 3 aromatic rings. The second-order valence-electron chi connectivity index (χ2n) is 7.72. The molecule has 1 N–H and O–H groups in total. The fraction of sp³-hybridized carbons (Fsp3) is 0.292. The third kappa shape index (κ3) is 6.18. The van der Waals surface area contributed by atoms with Crippen molar-refractivity contribution in [2.24, 2.45) is 0 Å². The molecular formula is C24H27N3O5. The molecule has 0 saturated heterocycles. The Bertz CT molecular complexity index is 1050. The summed E-state index contributed by atoms with van der Waals surface area (Å²) >= 11 is 0. The highest BCUT2D eigenvalue weighted by molar-refractivity contribution is 5.93. The molecule has 0 aliphatic carbocycles. The van der Waals surface area contributed by atoms with E-state index >= 15 is 0 Å². The highest BCUT2D eigenvalue weighted by Gasteiger charge is 2.17. The zero-order valence-corrected chi connectivity index (χ0v) is 18.4. The summed E-state index contributed by atoms with van der Waals surface area (Å²) in [6.07, 6.45) is 1.55. The van der Waals surface area contributed by atoms with Crippen LogP contribution in [0, 0.1) is 10.1 Å². The van der Waals surface area contributed by atoms with Crippen LogP contribution in [-0.2, 0) is 19.6 Å². The molecular weight excluding hydrogens is 410 g/mol. The van der Waals surface area contributed by atoms with Gasteiger partial charge in [0.05, 0.1) is 23.8 Å². The van der Waals surface area contributed by atoms with Crippen molar-refractivity contribution < 1.29 is 18.9 Å². The van der Waals surface area contributed by atoms with Gasteiger partial charge in [-0.3, -0.25) is 19.8 Å². The topological polar surface area (TPSA) is 97.9 Å². The maximum atomic E-state index is 11.8. The third-order valence-electron chi connectivity index (χ3n) is 4.82. The number of non-ortho nitro benzene ring substituents is 1. The summed E-state index contributed by atoms with van der Waals surface area (Å²) in [5, 5.41) is 13.9. The highest BCUT2D eigenvalue weighted by Crippen LogP contribution is 2.28. The largest absolute Gasteiger partial charge is 0.491 e. The van der Waals surface area contributed by atoms with Gasteiger partial charge >= 0.3 is 0 Å². The molecule has 0 aliphatic heterocycles. The molecule has 0 unspecified atom stereocenters. The molecule has 8 nitrogen and oxygen atoms in total. The van der Waals surface area contributed by atoms with E-state index in [-0.39, 0.29) is 17.7 Å². The van der Waals surface area contributed by atoms with Crippen LogP contribution in [0.15, 0.2) is 65.3 Å². The molecule has 3 rings (SSSR count). The molecule has 0 saturated carbocycles. The van der Waals surface area contributed by atoms with E-state index in [1.54, 1.807) is 37.6 Å². The number of hydrogen-bond donors (Lipinski definition) is 1. The van der Waals surface area contributed by atoms with Gasteiger partial charge in [0.25, 0.3) is 11.6 Å². The number of hydrogen-bond acceptors (Lipinski definition) is 6.